The summed E-state index contributed by atoms with van der Waals surface area (Å²) >= 11 is 0. The zero-order chi connectivity index (χ0) is 13.7. The van der Waals surface area contributed by atoms with Crippen LogP contribution in [0.1, 0.15) is 24.3 Å². The van der Waals surface area contributed by atoms with E-state index in [2.05, 4.69) is 0 Å². The maximum atomic E-state index is 12.4. The lowest BCUT2D eigenvalue weighted by molar-refractivity contribution is 0.0983. The highest BCUT2D eigenvalue weighted by Crippen LogP contribution is 2.23. The Morgan fingerprint density at radius 3 is 2.42 bits per heavy atom. The number of ether oxygens (including phenoxy) is 1. The Bertz CT molecular complexity index is 481. The van der Waals surface area contributed by atoms with E-state index in [4.69, 9.17) is 10.5 Å². The van der Waals surface area contributed by atoms with Gasteiger partial charge in [0.05, 0.1) is 11.0 Å². The van der Waals surface area contributed by atoms with Gasteiger partial charge in [-0.3, -0.25) is 0 Å². The standard InChI is InChI=1S/C14H21NO3S/c15-10-13(12-4-2-1-3-5-12)11-19(16,17)14-6-8-18-9-7-14/h1-5,13-14H,6-11,15H2. The molecule has 1 unspecified atom stereocenters. The van der Waals surface area contributed by atoms with Crippen LogP contribution in [0.15, 0.2) is 30.3 Å². The van der Waals surface area contributed by atoms with Gasteiger partial charge in [0.25, 0.3) is 0 Å². The Balaban J connectivity index is 2.09. The van der Waals surface area contributed by atoms with E-state index in [1.165, 1.54) is 0 Å². The van der Waals surface area contributed by atoms with E-state index >= 15 is 0 Å². The van der Waals surface area contributed by atoms with Crippen LogP contribution in [-0.2, 0) is 14.6 Å². The molecule has 1 aromatic carbocycles. The van der Waals surface area contributed by atoms with E-state index in [9.17, 15) is 8.42 Å². The number of sulfone groups is 1. The average molecular weight is 283 g/mol. The minimum atomic E-state index is -3.10. The Morgan fingerprint density at radius 1 is 1.21 bits per heavy atom. The second-order valence-corrected chi connectivity index (χ2v) is 7.31. The summed E-state index contributed by atoms with van der Waals surface area (Å²) in [5, 5.41) is -0.265. The first kappa shape index (κ1) is 14.5. The van der Waals surface area contributed by atoms with E-state index in [0.717, 1.165) is 5.56 Å². The van der Waals surface area contributed by atoms with Gasteiger partial charge < -0.3 is 10.5 Å². The Kier molecular flexibility index (Phi) is 4.96. The molecule has 5 heteroatoms. The second-order valence-electron chi connectivity index (χ2n) is 4.98. The van der Waals surface area contributed by atoms with Crippen LogP contribution in [-0.4, -0.2) is 39.2 Å². The molecule has 19 heavy (non-hydrogen) atoms. The first-order chi connectivity index (χ1) is 9.13. The van der Waals surface area contributed by atoms with Gasteiger partial charge in [0.2, 0.25) is 0 Å². The third-order valence-electron chi connectivity index (χ3n) is 3.67. The summed E-state index contributed by atoms with van der Waals surface area (Å²) in [6.45, 7) is 1.44. The molecule has 0 aromatic heterocycles. The van der Waals surface area contributed by atoms with E-state index in [1.54, 1.807) is 0 Å². The van der Waals surface area contributed by atoms with Crippen molar-refractivity contribution in [3.8, 4) is 0 Å². The molecular formula is C14H21NO3S. The molecule has 0 spiro atoms. The number of rotatable bonds is 5. The fourth-order valence-corrected chi connectivity index (χ4v) is 4.55. The SMILES string of the molecule is NCC(CS(=O)(=O)C1CCOCC1)c1ccccc1. The van der Waals surface area contributed by atoms with Gasteiger partial charge in [-0.1, -0.05) is 30.3 Å². The van der Waals surface area contributed by atoms with Crippen LogP contribution in [0.2, 0.25) is 0 Å². The molecule has 1 fully saturated rings. The Hall–Kier alpha value is -0.910. The largest absolute Gasteiger partial charge is 0.381 e. The van der Waals surface area contributed by atoms with Crippen LogP contribution >= 0.6 is 0 Å². The third-order valence-corrected chi connectivity index (χ3v) is 6.02. The van der Waals surface area contributed by atoms with Crippen molar-refractivity contribution in [3.05, 3.63) is 35.9 Å². The first-order valence-electron chi connectivity index (χ1n) is 6.68. The van der Waals surface area contributed by atoms with E-state index in [1.807, 2.05) is 30.3 Å². The van der Waals surface area contributed by atoms with Crippen molar-refractivity contribution in [1.82, 2.24) is 0 Å². The number of hydrogen-bond acceptors (Lipinski definition) is 4. The van der Waals surface area contributed by atoms with Crippen molar-refractivity contribution in [3.63, 3.8) is 0 Å². The molecule has 0 saturated carbocycles. The molecule has 4 nitrogen and oxygen atoms in total. The van der Waals surface area contributed by atoms with Gasteiger partial charge in [0.1, 0.15) is 0 Å². The van der Waals surface area contributed by atoms with Crippen LogP contribution in [0.4, 0.5) is 0 Å². The zero-order valence-corrected chi connectivity index (χ0v) is 11.8. The highest BCUT2D eigenvalue weighted by molar-refractivity contribution is 7.92. The second kappa shape index (κ2) is 6.50. The molecule has 1 atom stereocenters. The molecule has 1 aromatic rings. The molecule has 2 rings (SSSR count). The lowest BCUT2D eigenvalue weighted by Crippen LogP contribution is -2.34. The fourth-order valence-electron chi connectivity index (χ4n) is 2.48. The average Bonchev–Trinajstić information content (AvgIpc) is 2.47. The summed E-state index contributed by atoms with van der Waals surface area (Å²) in [5.41, 5.74) is 6.75. The van der Waals surface area contributed by atoms with Crippen LogP contribution in [0.25, 0.3) is 0 Å². The quantitative estimate of drug-likeness (QED) is 0.885. The molecule has 1 aliphatic heterocycles. The van der Waals surface area contributed by atoms with Gasteiger partial charge in [-0.05, 0) is 18.4 Å². The Morgan fingerprint density at radius 2 is 1.84 bits per heavy atom. The molecule has 1 heterocycles. The molecule has 2 N–H and O–H groups in total. The van der Waals surface area contributed by atoms with Gasteiger partial charge >= 0.3 is 0 Å². The maximum Gasteiger partial charge on any atom is 0.153 e. The Labute approximate surface area is 114 Å². The van der Waals surface area contributed by atoms with E-state index in [-0.39, 0.29) is 16.9 Å². The van der Waals surface area contributed by atoms with Crippen molar-refractivity contribution < 1.29 is 13.2 Å². The van der Waals surface area contributed by atoms with Crippen molar-refractivity contribution in [1.29, 1.82) is 0 Å². The van der Waals surface area contributed by atoms with Crippen molar-refractivity contribution in [2.45, 2.75) is 24.0 Å². The molecule has 1 saturated heterocycles. The molecule has 0 aliphatic carbocycles. The van der Waals surface area contributed by atoms with Crippen molar-refractivity contribution in [2.24, 2.45) is 5.73 Å². The van der Waals surface area contributed by atoms with Crippen LogP contribution in [0.5, 0.6) is 0 Å². The molecule has 0 amide bonds. The highest BCUT2D eigenvalue weighted by Gasteiger charge is 2.30. The van der Waals surface area contributed by atoms with Crippen LogP contribution in [0.3, 0.4) is 0 Å². The third kappa shape index (κ3) is 3.78. The summed E-state index contributed by atoms with van der Waals surface area (Å²) < 4.78 is 30.1. The minimum Gasteiger partial charge on any atom is -0.381 e. The molecule has 0 radical (unpaired) electrons. The molecular weight excluding hydrogens is 262 g/mol. The monoisotopic (exact) mass is 283 g/mol. The normalized spacial score (nSPS) is 19.2. The maximum absolute atomic E-state index is 12.4. The minimum absolute atomic E-state index is 0.117. The first-order valence-corrected chi connectivity index (χ1v) is 8.39. The lowest BCUT2D eigenvalue weighted by atomic mass is 10.0. The van der Waals surface area contributed by atoms with Gasteiger partial charge in [0, 0.05) is 25.7 Å². The number of benzene rings is 1. The summed E-state index contributed by atoms with van der Waals surface area (Å²) in [7, 11) is -3.10. The fraction of sp³-hybridized carbons (Fsp3) is 0.571. The summed E-state index contributed by atoms with van der Waals surface area (Å²) in [5.74, 6) is 0.0205. The molecule has 0 bridgehead atoms. The highest BCUT2D eigenvalue weighted by atomic mass is 32.2. The van der Waals surface area contributed by atoms with Crippen molar-refractivity contribution >= 4 is 9.84 Å². The molecule has 106 valence electrons. The summed E-state index contributed by atoms with van der Waals surface area (Å²) in [6.07, 6.45) is 1.21. The van der Waals surface area contributed by atoms with Crippen LogP contribution in [0, 0.1) is 0 Å². The van der Waals surface area contributed by atoms with Gasteiger partial charge in [-0.15, -0.1) is 0 Å². The van der Waals surface area contributed by atoms with Crippen LogP contribution < -0.4 is 5.73 Å². The number of hydrogen-bond donors (Lipinski definition) is 1. The summed E-state index contributed by atoms with van der Waals surface area (Å²) in [6, 6.07) is 9.64. The zero-order valence-electron chi connectivity index (χ0n) is 11.0. The van der Waals surface area contributed by atoms with Crippen molar-refractivity contribution in [2.75, 3.05) is 25.5 Å². The lowest BCUT2D eigenvalue weighted by Gasteiger charge is -2.24. The summed E-state index contributed by atoms with van der Waals surface area (Å²) in [4.78, 5) is 0. The number of nitrogens with two attached hydrogens (primary N) is 1. The molecule has 1 aliphatic rings. The van der Waals surface area contributed by atoms with E-state index in [0.29, 0.717) is 32.6 Å². The van der Waals surface area contributed by atoms with E-state index < -0.39 is 9.84 Å². The predicted molar refractivity (Wildman–Crippen MR) is 75.9 cm³/mol. The van der Waals surface area contributed by atoms with Gasteiger partial charge in [0.15, 0.2) is 9.84 Å². The van der Waals surface area contributed by atoms with Gasteiger partial charge in [-0.25, -0.2) is 8.42 Å². The topological polar surface area (TPSA) is 69.4 Å². The smallest absolute Gasteiger partial charge is 0.153 e. The van der Waals surface area contributed by atoms with Gasteiger partial charge in [-0.2, -0.15) is 0 Å². The predicted octanol–water partition coefficient (Wildman–Crippen LogP) is 1.32.